The van der Waals surface area contributed by atoms with E-state index in [-0.39, 0.29) is 13.0 Å². The minimum atomic E-state index is -1.42. The van der Waals surface area contributed by atoms with Gasteiger partial charge in [0, 0.05) is 0 Å². The lowest BCUT2D eigenvalue weighted by Gasteiger charge is -2.25. The summed E-state index contributed by atoms with van der Waals surface area (Å²) in [6.45, 7) is 5.52. The van der Waals surface area contributed by atoms with Crippen molar-refractivity contribution < 1.29 is 19.4 Å². The van der Waals surface area contributed by atoms with E-state index in [9.17, 15) is 14.7 Å². The first-order chi connectivity index (χ1) is 7.55. The molecule has 1 unspecified atom stereocenters. The van der Waals surface area contributed by atoms with Gasteiger partial charge in [0.05, 0.1) is 6.61 Å². The summed E-state index contributed by atoms with van der Waals surface area (Å²) in [7, 11) is 0. The first-order valence-corrected chi connectivity index (χ1v) is 5.56. The van der Waals surface area contributed by atoms with Gasteiger partial charge in [-0.05, 0) is 26.7 Å². The van der Waals surface area contributed by atoms with Crippen LogP contribution in [0.4, 0.5) is 0 Å². The molecule has 0 heterocycles. The van der Waals surface area contributed by atoms with E-state index >= 15 is 0 Å². The molecule has 4 heteroatoms. The fourth-order valence-corrected chi connectivity index (χ4v) is 1.58. The Balaban J connectivity index is 5.06. The van der Waals surface area contributed by atoms with Gasteiger partial charge in [-0.2, -0.15) is 0 Å². The molecule has 0 aliphatic carbocycles. The summed E-state index contributed by atoms with van der Waals surface area (Å²) < 4.78 is 4.86. The average Bonchev–Trinajstić information content (AvgIpc) is 2.24. The fourth-order valence-electron chi connectivity index (χ4n) is 1.58. The van der Waals surface area contributed by atoms with Gasteiger partial charge in [0.1, 0.15) is 0 Å². The third kappa shape index (κ3) is 3.36. The molecule has 1 N–H and O–H groups in total. The van der Waals surface area contributed by atoms with Crippen molar-refractivity contribution in [1.82, 2.24) is 0 Å². The van der Waals surface area contributed by atoms with Crippen molar-refractivity contribution in [2.45, 2.75) is 40.0 Å². The number of carboxylic acid groups (broad SMARTS) is 1. The van der Waals surface area contributed by atoms with Crippen LogP contribution in [0.2, 0.25) is 0 Å². The average molecular weight is 228 g/mol. The van der Waals surface area contributed by atoms with Crippen molar-refractivity contribution in [2.24, 2.45) is 5.41 Å². The first-order valence-electron chi connectivity index (χ1n) is 5.56. The van der Waals surface area contributed by atoms with E-state index < -0.39 is 17.4 Å². The third-order valence-corrected chi connectivity index (χ3v) is 2.45. The Morgan fingerprint density at radius 2 is 2.00 bits per heavy atom. The van der Waals surface area contributed by atoms with Crippen LogP contribution >= 0.6 is 0 Å². The quantitative estimate of drug-likeness (QED) is 0.413. The van der Waals surface area contributed by atoms with Gasteiger partial charge < -0.3 is 9.84 Å². The summed E-state index contributed by atoms with van der Waals surface area (Å²) in [4.78, 5) is 23.1. The van der Waals surface area contributed by atoms with E-state index in [1.165, 1.54) is 0 Å². The van der Waals surface area contributed by atoms with Gasteiger partial charge in [-0.15, -0.1) is 0 Å². The lowest BCUT2D eigenvalue weighted by molar-refractivity contribution is -0.169. The molecule has 0 bridgehead atoms. The highest BCUT2D eigenvalue weighted by Gasteiger charge is 2.45. The number of hydrogen-bond acceptors (Lipinski definition) is 3. The molecule has 0 aromatic carbocycles. The molecule has 1 atom stereocenters. The van der Waals surface area contributed by atoms with E-state index in [4.69, 9.17) is 4.74 Å². The molecule has 0 saturated carbocycles. The van der Waals surface area contributed by atoms with Crippen LogP contribution in [-0.4, -0.2) is 23.7 Å². The second-order valence-electron chi connectivity index (χ2n) is 3.63. The van der Waals surface area contributed by atoms with Crippen molar-refractivity contribution in [2.75, 3.05) is 6.61 Å². The molecular weight excluding hydrogens is 208 g/mol. The SMILES string of the molecule is C/C=C/CC(CCC)(C(=O)O)C(=O)OCC. The number of esters is 1. The normalized spacial score (nSPS) is 14.7. The molecule has 0 amide bonds. The minimum absolute atomic E-state index is 0.186. The van der Waals surface area contributed by atoms with Gasteiger partial charge in [0.2, 0.25) is 0 Å². The Kier molecular flexibility index (Phi) is 6.46. The zero-order valence-corrected chi connectivity index (χ0v) is 10.2. The highest BCUT2D eigenvalue weighted by molar-refractivity contribution is 5.99. The molecule has 0 aliphatic rings. The van der Waals surface area contributed by atoms with Crippen molar-refractivity contribution in [3.05, 3.63) is 12.2 Å². The molecule has 0 spiro atoms. The molecule has 0 saturated heterocycles. The van der Waals surface area contributed by atoms with Gasteiger partial charge in [0.15, 0.2) is 5.41 Å². The number of carbonyl (C=O) groups excluding carboxylic acids is 1. The van der Waals surface area contributed by atoms with Gasteiger partial charge >= 0.3 is 11.9 Å². The standard InChI is InChI=1S/C12H20O4/c1-4-7-9-12(8-5-2,10(13)14)11(15)16-6-3/h4,7H,5-6,8-9H2,1-3H3,(H,13,14)/b7-4+. The Bertz CT molecular complexity index is 270. The molecule has 0 radical (unpaired) electrons. The maximum atomic E-state index is 11.8. The monoisotopic (exact) mass is 228 g/mol. The second kappa shape index (κ2) is 7.04. The minimum Gasteiger partial charge on any atom is -0.480 e. The van der Waals surface area contributed by atoms with Crippen LogP contribution in [0.3, 0.4) is 0 Å². The van der Waals surface area contributed by atoms with E-state index in [0.717, 1.165) is 0 Å². The smallest absolute Gasteiger partial charge is 0.323 e. The summed E-state index contributed by atoms with van der Waals surface area (Å²) in [6.07, 6.45) is 4.55. The van der Waals surface area contributed by atoms with Gasteiger partial charge in [-0.1, -0.05) is 25.5 Å². The third-order valence-electron chi connectivity index (χ3n) is 2.45. The zero-order valence-electron chi connectivity index (χ0n) is 10.2. The van der Waals surface area contributed by atoms with Crippen LogP contribution in [-0.2, 0) is 14.3 Å². The number of carbonyl (C=O) groups is 2. The van der Waals surface area contributed by atoms with Crippen LogP contribution in [0.1, 0.15) is 40.0 Å². The summed E-state index contributed by atoms with van der Waals surface area (Å²) >= 11 is 0. The summed E-state index contributed by atoms with van der Waals surface area (Å²) in [6, 6.07) is 0. The first kappa shape index (κ1) is 14.7. The molecular formula is C12H20O4. The fraction of sp³-hybridized carbons (Fsp3) is 0.667. The number of carboxylic acids is 1. The van der Waals surface area contributed by atoms with Crippen molar-refractivity contribution in [3.63, 3.8) is 0 Å². The highest BCUT2D eigenvalue weighted by atomic mass is 16.5. The number of rotatable bonds is 7. The lowest BCUT2D eigenvalue weighted by Crippen LogP contribution is -2.40. The number of hydrogen-bond donors (Lipinski definition) is 1. The van der Waals surface area contributed by atoms with Gasteiger partial charge in [-0.25, -0.2) is 0 Å². The molecule has 0 aromatic heterocycles. The Morgan fingerprint density at radius 1 is 1.38 bits per heavy atom. The number of ether oxygens (including phenoxy) is 1. The van der Waals surface area contributed by atoms with Gasteiger partial charge in [-0.3, -0.25) is 9.59 Å². The molecule has 0 aliphatic heterocycles. The van der Waals surface area contributed by atoms with Crippen molar-refractivity contribution >= 4 is 11.9 Å². The van der Waals surface area contributed by atoms with Crippen LogP contribution in [0.15, 0.2) is 12.2 Å². The molecule has 0 fully saturated rings. The van der Waals surface area contributed by atoms with E-state index in [1.54, 1.807) is 26.0 Å². The second-order valence-corrected chi connectivity index (χ2v) is 3.63. The molecule has 92 valence electrons. The van der Waals surface area contributed by atoms with Crippen molar-refractivity contribution in [3.8, 4) is 0 Å². The maximum absolute atomic E-state index is 11.8. The largest absolute Gasteiger partial charge is 0.480 e. The lowest BCUT2D eigenvalue weighted by atomic mass is 9.80. The zero-order chi connectivity index (χ0) is 12.6. The van der Waals surface area contributed by atoms with E-state index in [1.807, 2.05) is 6.92 Å². The summed E-state index contributed by atoms with van der Waals surface area (Å²) in [5.41, 5.74) is -1.42. The molecule has 0 aromatic rings. The number of allylic oxidation sites excluding steroid dienone is 2. The Labute approximate surface area is 96.3 Å². The topological polar surface area (TPSA) is 63.6 Å². The van der Waals surface area contributed by atoms with Gasteiger partial charge in [0.25, 0.3) is 0 Å². The Morgan fingerprint density at radius 3 is 2.38 bits per heavy atom. The van der Waals surface area contributed by atoms with Crippen LogP contribution in [0.5, 0.6) is 0 Å². The predicted octanol–water partition coefficient (Wildman–Crippen LogP) is 2.39. The highest BCUT2D eigenvalue weighted by Crippen LogP contribution is 2.31. The van der Waals surface area contributed by atoms with Crippen LogP contribution < -0.4 is 0 Å². The maximum Gasteiger partial charge on any atom is 0.323 e. The predicted molar refractivity (Wildman–Crippen MR) is 61.0 cm³/mol. The van der Waals surface area contributed by atoms with Crippen molar-refractivity contribution in [1.29, 1.82) is 0 Å². The van der Waals surface area contributed by atoms with Crippen LogP contribution in [0.25, 0.3) is 0 Å². The van der Waals surface area contributed by atoms with E-state index in [0.29, 0.717) is 12.8 Å². The van der Waals surface area contributed by atoms with Crippen LogP contribution in [0, 0.1) is 5.41 Å². The molecule has 0 rings (SSSR count). The Hall–Kier alpha value is -1.32. The number of aliphatic carboxylic acids is 1. The summed E-state index contributed by atoms with van der Waals surface area (Å²) in [5, 5.41) is 9.24. The summed E-state index contributed by atoms with van der Waals surface area (Å²) in [5.74, 6) is -1.74. The molecule has 16 heavy (non-hydrogen) atoms. The molecule has 4 nitrogen and oxygen atoms in total. The van der Waals surface area contributed by atoms with E-state index in [2.05, 4.69) is 0 Å².